The van der Waals surface area contributed by atoms with E-state index in [4.69, 9.17) is 20.8 Å². The second-order valence-electron chi connectivity index (χ2n) is 6.14. The van der Waals surface area contributed by atoms with Crippen molar-refractivity contribution in [2.24, 2.45) is 0 Å². The lowest BCUT2D eigenvalue weighted by atomic mass is 10.2. The van der Waals surface area contributed by atoms with E-state index < -0.39 is 0 Å². The summed E-state index contributed by atoms with van der Waals surface area (Å²) in [5.74, 6) is 1.03. The summed E-state index contributed by atoms with van der Waals surface area (Å²) in [6.07, 6.45) is 2.28. The number of fused-ring (bicyclic) bond motifs is 1. The zero-order valence-electron chi connectivity index (χ0n) is 13.5. The third-order valence-corrected chi connectivity index (χ3v) is 4.43. The monoisotopic (exact) mass is 356 g/mol. The molecule has 0 unspecified atom stereocenters. The number of benzene rings is 2. The first kappa shape index (κ1) is 16.1. The lowest BCUT2D eigenvalue weighted by Gasteiger charge is -2.07. The molecule has 2 aromatic carbocycles. The van der Waals surface area contributed by atoms with Crippen molar-refractivity contribution in [1.82, 2.24) is 4.98 Å². The number of carbonyl (C=O) groups is 1. The van der Waals surface area contributed by atoms with Crippen LogP contribution in [0.15, 0.2) is 46.9 Å². The second kappa shape index (κ2) is 6.86. The summed E-state index contributed by atoms with van der Waals surface area (Å²) >= 11 is 6.06. The highest BCUT2D eigenvalue weighted by Crippen LogP contribution is 2.40. The molecule has 1 fully saturated rings. The number of anilines is 1. The number of ether oxygens (including phenoxy) is 1. The van der Waals surface area contributed by atoms with Crippen LogP contribution in [0, 0.1) is 0 Å². The largest absolute Gasteiger partial charge is 0.440 e. The highest BCUT2D eigenvalue weighted by Gasteiger charge is 2.28. The zero-order chi connectivity index (χ0) is 17.2. The number of carbonyl (C=O) groups excluding carboxylic acids is 1. The number of nitrogens with zero attached hydrogens (tertiary/aromatic N) is 1. The maximum atomic E-state index is 12.0. The van der Waals surface area contributed by atoms with Crippen LogP contribution in [-0.2, 0) is 16.1 Å². The molecule has 0 saturated heterocycles. The van der Waals surface area contributed by atoms with Gasteiger partial charge in [-0.05, 0) is 42.7 Å². The van der Waals surface area contributed by atoms with Gasteiger partial charge in [0.15, 0.2) is 11.5 Å². The third-order valence-electron chi connectivity index (χ3n) is 4.06. The molecule has 1 heterocycles. The van der Waals surface area contributed by atoms with Crippen LogP contribution in [0.4, 0.5) is 5.69 Å². The van der Waals surface area contributed by atoms with E-state index in [2.05, 4.69) is 10.3 Å². The minimum Gasteiger partial charge on any atom is -0.440 e. The Balaban J connectivity index is 1.34. The molecule has 1 aromatic heterocycles. The van der Waals surface area contributed by atoms with E-state index in [1.165, 1.54) is 0 Å². The van der Waals surface area contributed by atoms with Gasteiger partial charge in [0.05, 0.1) is 6.61 Å². The fraction of sp³-hybridized carbons (Fsp3) is 0.263. The minimum absolute atomic E-state index is 0.0462. The molecule has 1 amide bonds. The van der Waals surface area contributed by atoms with E-state index in [0.717, 1.165) is 35.4 Å². The van der Waals surface area contributed by atoms with Crippen molar-refractivity contribution < 1.29 is 13.9 Å². The first-order valence-corrected chi connectivity index (χ1v) is 8.58. The first-order valence-electron chi connectivity index (χ1n) is 8.20. The van der Waals surface area contributed by atoms with E-state index in [0.29, 0.717) is 23.2 Å². The average molecular weight is 357 g/mol. The summed E-state index contributed by atoms with van der Waals surface area (Å²) < 4.78 is 11.2. The van der Waals surface area contributed by atoms with Crippen molar-refractivity contribution in [3.63, 3.8) is 0 Å². The van der Waals surface area contributed by atoms with Crippen molar-refractivity contribution in [3.05, 3.63) is 58.9 Å². The van der Waals surface area contributed by atoms with Crippen LogP contribution in [0.25, 0.3) is 11.1 Å². The third kappa shape index (κ3) is 3.83. The Kier molecular flexibility index (Phi) is 4.42. The lowest BCUT2D eigenvalue weighted by molar-refractivity contribution is -0.121. The molecule has 1 saturated carbocycles. The van der Waals surface area contributed by atoms with E-state index in [1.807, 2.05) is 30.3 Å². The lowest BCUT2D eigenvalue weighted by Crippen LogP contribution is -2.18. The van der Waals surface area contributed by atoms with E-state index in [-0.39, 0.29) is 12.5 Å². The standard InChI is InChI=1S/C19H17ClN2O3/c20-15-4-2-1-3-13(15)10-24-11-18(23)21-14-7-8-17-16(9-14)22-19(25-17)12-5-6-12/h1-4,7-9,12H,5-6,10-11H2,(H,21,23). The topological polar surface area (TPSA) is 64.4 Å². The molecule has 25 heavy (non-hydrogen) atoms. The number of hydrogen-bond donors (Lipinski definition) is 1. The van der Waals surface area contributed by atoms with Gasteiger partial charge in [-0.15, -0.1) is 0 Å². The molecule has 128 valence electrons. The Labute approximate surface area is 149 Å². The van der Waals surface area contributed by atoms with Gasteiger partial charge >= 0.3 is 0 Å². The van der Waals surface area contributed by atoms with Crippen LogP contribution in [0.1, 0.15) is 30.2 Å². The zero-order valence-corrected chi connectivity index (χ0v) is 14.3. The summed E-state index contributed by atoms with van der Waals surface area (Å²) in [6.45, 7) is 0.246. The van der Waals surface area contributed by atoms with Gasteiger partial charge in [-0.3, -0.25) is 4.79 Å². The smallest absolute Gasteiger partial charge is 0.250 e. The number of halogens is 1. The van der Waals surface area contributed by atoms with Gasteiger partial charge in [-0.2, -0.15) is 0 Å². The summed E-state index contributed by atoms with van der Waals surface area (Å²) in [7, 11) is 0. The molecule has 6 heteroatoms. The van der Waals surface area contributed by atoms with Crippen LogP contribution >= 0.6 is 11.6 Å². The van der Waals surface area contributed by atoms with Gasteiger partial charge < -0.3 is 14.5 Å². The number of rotatable bonds is 6. The molecule has 1 aliphatic rings. The Hall–Kier alpha value is -2.37. The van der Waals surface area contributed by atoms with E-state index in [9.17, 15) is 4.79 Å². The van der Waals surface area contributed by atoms with E-state index >= 15 is 0 Å². The first-order chi connectivity index (χ1) is 12.2. The van der Waals surface area contributed by atoms with Gasteiger partial charge in [0, 0.05) is 16.6 Å². The Morgan fingerprint density at radius 1 is 1.28 bits per heavy atom. The van der Waals surface area contributed by atoms with Crippen molar-refractivity contribution in [2.45, 2.75) is 25.4 Å². The molecule has 0 bridgehead atoms. The minimum atomic E-state index is -0.225. The van der Waals surface area contributed by atoms with Crippen LogP contribution in [0.5, 0.6) is 0 Å². The van der Waals surface area contributed by atoms with Crippen LogP contribution < -0.4 is 5.32 Å². The number of amides is 1. The van der Waals surface area contributed by atoms with Gasteiger partial charge in [-0.1, -0.05) is 29.8 Å². The number of hydrogen-bond acceptors (Lipinski definition) is 4. The van der Waals surface area contributed by atoms with Crippen LogP contribution in [-0.4, -0.2) is 17.5 Å². The predicted molar refractivity (Wildman–Crippen MR) is 95.7 cm³/mol. The Morgan fingerprint density at radius 2 is 2.12 bits per heavy atom. The average Bonchev–Trinajstić information content (AvgIpc) is 3.36. The molecule has 0 aliphatic heterocycles. The SMILES string of the molecule is O=C(COCc1ccccc1Cl)Nc1ccc2oc(C3CC3)nc2c1. The molecular weight excluding hydrogens is 340 g/mol. The molecule has 0 spiro atoms. The normalized spacial score (nSPS) is 14.0. The van der Waals surface area contributed by atoms with Crippen molar-refractivity contribution in [3.8, 4) is 0 Å². The van der Waals surface area contributed by atoms with E-state index in [1.54, 1.807) is 12.1 Å². The summed E-state index contributed by atoms with van der Waals surface area (Å²) in [5.41, 5.74) is 3.04. The molecule has 3 aromatic rings. The second-order valence-corrected chi connectivity index (χ2v) is 6.55. The van der Waals surface area contributed by atoms with Crippen LogP contribution in [0.2, 0.25) is 5.02 Å². The molecule has 1 N–H and O–H groups in total. The number of oxazole rings is 1. The highest BCUT2D eigenvalue weighted by molar-refractivity contribution is 6.31. The Bertz CT molecular complexity index is 918. The summed E-state index contributed by atoms with van der Waals surface area (Å²) in [6, 6.07) is 12.8. The number of aromatic nitrogens is 1. The molecule has 5 nitrogen and oxygen atoms in total. The molecule has 4 rings (SSSR count). The summed E-state index contributed by atoms with van der Waals surface area (Å²) in [4.78, 5) is 16.5. The predicted octanol–water partition coefficient (Wildman–Crippen LogP) is 4.51. The van der Waals surface area contributed by atoms with Gasteiger partial charge in [0.1, 0.15) is 12.1 Å². The Morgan fingerprint density at radius 3 is 2.92 bits per heavy atom. The maximum Gasteiger partial charge on any atom is 0.250 e. The molecule has 1 aliphatic carbocycles. The number of nitrogens with one attached hydrogen (secondary N) is 1. The van der Waals surface area contributed by atoms with Crippen molar-refractivity contribution in [1.29, 1.82) is 0 Å². The maximum absolute atomic E-state index is 12.0. The van der Waals surface area contributed by atoms with Crippen molar-refractivity contribution in [2.75, 3.05) is 11.9 Å². The van der Waals surface area contributed by atoms with Crippen LogP contribution in [0.3, 0.4) is 0 Å². The molecule has 0 radical (unpaired) electrons. The van der Waals surface area contributed by atoms with Gasteiger partial charge in [0.25, 0.3) is 0 Å². The fourth-order valence-corrected chi connectivity index (χ4v) is 2.78. The van der Waals surface area contributed by atoms with Gasteiger partial charge in [0.2, 0.25) is 5.91 Å². The highest BCUT2D eigenvalue weighted by atomic mass is 35.5. The quantitative estimate of drug-likeness (QED) is 0.705. The molecule has 0 atom stereocenters. The molecular formula is C19H17ClN2O3. The van der Waals surface area contributed by atoms with Crippen molar-refractivity contribution >= 4 is 34.3 Å². The summed E-state index contributed by atoms with van der Waals surface area (Å²) in [5, 5.41) is 3.44. The fourth-order valence-electron chi connectivity index (χ4n) is 2.59. The van der Waals surface area contributed by atoms with Gasteiger partial charge in [-0.25, -0.2) is 4.98 Å².